The fourth-order valence-electron chi connectivity index (χ4n) is 4.28. The van der Waals surface area contributed by atoms with Gasteiger partial charge in [-0.3, -0.25) is 18.8 Å². The molecule has 6 rings (SSSR count). The summed E-state index contributed by atoms with van der Waals surface area (Å²) in [4.78, 5) is 38.6. The summed E-state index contributed by atoms with van der Waals surface area (Å²) in [6.45, 7) is 4.29. The van der Waals surface area contributed by atoms with Crippen LogP contribution in [0.4, 0.5) is 17.3 Å². The van der Waals surface area contributed by atoms with E-state index in [0.717, 1.165) is 18.5 Å². The van der Waals surface area contributed by atoms with E-state index in [-0.39, 0.29) is 17.4 Å². The highest BCUT2D eigenvalue weighted by Crippen LogP contribution is 2.30. The quantitative estimate of drug-likeness (QED) is 0.217. The molecule has 1 aliphatic carbocycles. The number of anilines is 3. The number of carbonyl (C=O) groups is 1. The van der Waals surface area contributed by atoms with Crippen LogP contribution in [0.3, 0.4) is 0 Å². The molecule has 11 heteroatoms. The number of hydrogen-bond acceptors (Lipinski definition) is 7. The number of pyridine rings is 2. The van der Waals surface area contributed by atoms with Gasteiger partial charge in [0.15, 0.2) is 11.5 Å². The zero-order chi connectivity index (χ0) is 26.9. The number of nitrogens with one attached hydrogen (secondary N) is 2. The number of amides is 1. The smallest absolute Gasteiger partial charge is 0.256 e. The lowest BCUT2D eigenvalue weighted by molar-refractivity contribution is -0.117. The van der Waals surface area contributed by atoms with Crippen molar-refractivity contribution in [3.8, 4) is 11.6 Å². The third-order valence-electron chi connectivity index (χ3n) is 6.32. The van der Waals surface area contributed by atoms with E-state index < -0.39 is 0 Å². The summed E-state index contributed by atoms with van der Waals surface area (Å²) < 4.78 is 5.64. The number of hydrogen-bond donors (Lipinski definition) is 2. The Balaban J connectivity index is 1.41. The molecule has 4 heterocycles. The number of allylic oxidation sites excluding steroid dienone is 1. The second kappa shape index (κ2) is 10.1. The number of carbonyl (C=O) groups excluding carboxylic acids is 1. The third-order valence-corrected chi connectivity index (χ3v) is 6.75. The Hall–Kier alpha value is -4.90. The molecule has 0 radical (unpaired) electrons. The van der Waals surface area contributed by atoms with Crippen LogP contribution in [0.1, 0.15) is 12.8 Å². The fourth-order valence-corrected chi connectivity index (χ4v) is 4.58. The molecule has 0 saturated heterocycles. The maximum atomic E-state index is 12.4. The maximum Gasteiger partial charge on any atom is 0.256 e. The van der Waals surface area contributed by atoms with Crippen molar-refractivity contribution in [3.05, 3.63) is 101 Å². The fraction of sp³-hybridized carbons (Fsp3) is 0.143. The Morgan fingerprint density at radius 1 is 1.05 bits per heavy atom. The number of nitrogens with zero attached hydrogens (tertiary/aromatic N) is 6. The van der Waals surface area contributed by atoms with E-state index in [2.05, 4.69) is 22.2 Å². The van der Waals surface area contributed by atoms with E-state index in [9.17, 15) is 9.59 Å². The molecule has 1 saturated carbocycles. The minimum Gasteiger partial charge on any atom is -0.326 e. The summed E-state index contributed by atoms with van der Waals surface area (Å²) >= 11 is 5.75. The summed E-state index contributed by atoms with van der Waals surface area (Å²) in [6.07, 6.45) is 6.96. The van der Waals surface area contributed by atoms with Crippen LogP contribution in [0.5, 0.6) is 0 Å². The van der Waals surface area contributed by atoms with Gasteiger partial charge in [-0.2, -0.15) is 4.98 Å². The first-order chi connectivity index (χ1) is 19.0. The number of fused-ring (bicyclic) bond motifs is 1. The molecule has 0 atom stereocenters. The lowest BCUT2D eigenvalue weighted by Gasteiger charge is -2.13. The van der Waals surface area contributed by atoms with Crippen molar-refractivity contribution in [3.63, 3.8) is 0 Å². The molecule has 0 spiro atoms. The van der Waals surface area contributed by atoms with Gasteiger partial charge in [0.2, 0.25) is 11.9 Å². The standard InChI is InChI=1S/C28H24N8O2S/c1-2-14-35-27(39)21-17-29-28(31-20-8-5-7-19(16-20)30-26(38)18-12-13-18)33-25(21)36(35)23-10-6-9-22(32-23)34-15-4-3-11-24(34)37/h2-11,15-18H,1,12-14H2,(H,30,38)(H,29,31,33). The molecule has 0 aliphatic heterocycles. The van der Waals surface area contributed by atoms with Gasteiger partial charge in [0.25, 0.3) is 5.56 Å². The monoisotopic (exact) mass is 536 g/mol. The van der Waals surface area contributed by atoms with Crippen LogP contribution in [0.2, 0.25) is 0 Å². The third kappa shape index (κ3) is 4.87. The van der Waals surface area contributed by atoms with Crippen LogP contribution in [0, 0.1) is 10.6 Å². The topological polar surface area (TPSA) is 112 Å². The number of aromatic nitrogens is 6. The van der Waals surface area contributed by atoms with Gasteiger partial charge in [-0.05, 0) is 49.2 Å². The van der Waals surface area contributed by atoms with Crippen molar-refractivity contribution in [1.29, 1.82) is 0 Å². The molecule has 194 valence electrons. The van der Waals surface area contributed by atoms with Crippen molar-refractivity contribution < 1.29 is 4.79 Å². The van der Waals surface area contributed by atoms with Crippen molar-refractivity contribution in [2.75, 3.05) is 10.6 Å². The molecular formula is C28H24N8O2S. The van der Waals surface area contributed by atoms with E-state index >= 15 is 0 Å². The molecule has 1 aromatic carbocycles. The Morgan fingerprint density at radius 2 is 1.85 bits per heavy atom. The van der Waals surface area contributed by atoms with Gasteiger partial charge in [-0.25, -0.2) is 14.6 Å². The lowest BCUT2D eigenvalue weighted by atomic mass is 10.2. The Bertz CT molecular complexity index is 1850. The first kappa shape index (κ1) is 24.4. The second-order valence-corrected chi connectivity index (χ2v) is 9.54. The largest absolute Gasteiger partial charge is 0.326 e. The molecule has 1 aliphatic rings. The predicted molar refractivity (Wildman–Crippen MR) is 152 cm³/mol. The molecule has 10 nitrogen and oxygen atoms in total. The zero-order valence-corrected chi connectivity index (χ0v) is 21.6. The average Bonchev–Trinajstić information content (AvgIpc) is 3.76. The van der Waals surface area contributed by atoms with Crippen molar-refractivity contribution in [2.45, 2.75) is 19.4 Å². The van der Waals surface area contributed by atoms with Gasteiger partial charge in [-0.1, -0.05) is 36.5 Å². The highest BCUT2D eigenvalue weighted by atomic mass is 32.1. The highest BCUT2D eigenvalue weighted by molar-refractivity contribution is 7.71. The van der Waals surface area contributed by atoms with Crippen molar-refractivity contribution in [2.24, 2.45) is 5.92 Å². The van der Waals surface area contributed by atoms with Crippen LogP contribution in [0.15, 0.2) is 90.5 Å². The molecule has 5 aromatic rings. The van der Waals surface area contributed by atoms with Crippen molar-refractivity contribution >= 4 is 46.5 Å². The molecule has 2 N–H and O–H groups in total. The first-order valence-corrected chi connectivity index (χ1v) is 12.9. The predicted octanol–water partition coefficient (Wildman–Crippen LogP) is 4.78. The van der Waals surface area contributed by atoms with E-state index in [1.807, 2.05) is 41.1 Å². The van der Waals surface area contributed by atoms with Crippen LogP contribution in [0.25, 0.3) is 22.7 Å². The molecule has 0 bridgehead atoms. The normalized spacial score (nSPS) is 12.8. The molecule has 0 unspecified atom stereocenters. The summed E-state index contributed by atoms with van der Waals surface area (Å²) in [5.74, 6) is 1.50. The van der Waals surface area contributed by atoms with E-state index in [4.69, 9.17) is 22.2 Å². The summed E-state index contributed by atoms with van der Waals surface area (Å²) in [6, 6.07) is 17.8. The van der Waals surface area contributed by atoms with Crippen LogP contribution in [-0.2, 0) is 11.3 Å². The SMILES string of the molecule is C=CCn1c(=S)c2cnc(Nc3cccc(NC(=O)C4CC4)c3)nc2n1-c1cccc(-n2ccccc2=O)n1. The lowest BCUT2D eigenvalue weighted by Crippen LogP contribution is -2.18. The Morgan fingerprint density at radius 3 is 2.64 bits per heavy atom. The van der Waals surface area contributed by atoms with Crippen LogP contribution < -0.4 is 16.2 Å². The van der Waals surface area contributed by atoms with Gasteiger partial charge in [0.1, 0.15) is 10.5 Å². The summed E-state index contributed by atoms with van der Waals surface area (Å²) in [5.41, 5.74) is 1.78. The number of benzene rings is 1. The van der Waals surface area contributed by atoms with Gasteiger partial charge >= 0.3 is 0 Å². The summed E-state index contributed by atoms with van der Waals surface area (Å²) in [5, 5.41) is 6.85. The first-order valence-electron chi connectivity index (χ1n) is 12.4. The van der Waals surface area contributed by atoms with E-state index in [0.29, 0.717) is 45.5 Å². The van der Waals surface area contributed by atoms with E-state index in [1.54, 1.807) is 41.4 Å². The Labute approximate surface area is 228 Å². The average molecular weight is 537 g/mol. The van der Waals surface area contributed by atoms with E-state index in [1.165, 1.54) is 10.6 Å². The number of rotatable bonds is 8. The van der Waals surface area contributed by atoms with Crippen LogP contribution in [-0.4, -0.2) is 34.8 Å². The Kier molecular flexibility index (Phi) is 6.33. The minimum atomic E-state index is -0.188. The van der Waals surface area contributed by atoms with Gasteiger partial charge < -0.3 is 10.6 Å². The van der Waals surface area contributed by atoms with Gasteiger partial charge in [-0.15, -0.1) is 6.58 Å². The molecule has 1 amide bonds. The second-order valence-electron chi connectivity index (χ2n) is 9.15. The van der Waals surface area contributed by atoms with Crippen LogP contribution >= 0.6 is 12.2 Å². The van der Waals surface area contributed by atoms with Crippen molar-refractivity contribution in [1.82, 2.24) is 28.9 Å². The van der Waals surface area contributed by atoms with Gasteiger partial charge in [0, 0.05) is 35.8 Å². The molecule has 4 aromatic heterocycles. The molecular weight excluding hydrogens is 512 g/mol. The zero-order valence-electron chi connectivity index (χ0n) is 20.8. The van der Waals surface area contributed by atoms with Gasteiger partial charge in [0.05, 0.1) is 11.9 Å². The highest BCUT2D eigenvalue weighted by Gasteiger charge is 2.29. The maximum absolute atomic E-state index is 12.4. The molecule has 39 heavy (non-hydrogen) atoms. The molecule has 1 fully saturated rings. The summed E-state index contributed by atoms with van der Waals surface area (Å²) in [7, 11) is 0. The minimum absolute atomic E-state index is 0.0416.